The van der Waals surface area contributed by atoms with Gasteiger partial charge in [-0.3, -0.25) is 0 Å². The smallest absolute Gasteiger partial charge is 0.125 e. The van der Waals surface area contributed by atoms with Crippen molar-refractivity contribution < 1.29 is 0 Å². The van der Waals surface area contributed by atoms with Gasteiger partial charge >= 0.3 is 6.00 Å². The Kier molecular flexibility index (Phi) is 5.55. The van der Waals surface area contributed by atoms with Crippen LogP contribution in [0.15, 0.2) is 0 Å². The van der Waals surface area contributed by atoms with E-state index in [0.29, 0.717) is 0 Å². The fraction of sp³-hybridized carbons (Fsp3) is 1.00. The first-order valence-corrected chi connectivity index (χ1v) is 9.53. The normalized spacial score (nSPS) is 13.5. The highest BCUT2D eigenvalue weighted by Gasteiger charge is 2.47. The van der Waals surface area contributed by atoms with Crippen molar-refractivity contribution in [2.45, 2.75) is 51.5 Å². The molecular formula is C8H17Cl3Si. The van der Waals surface area contributed by atoms with Gasteiger partial charge in [-0.2, -0.15) is 0 Å². The summed E-state index contributed by atoms with van der Waals surface area (Å²) < 4.78 is 0. The molecule has 0 amide bonds. The number of rotatable bonds is 5. The zero-order valence-electron chi connectivity index (χ0n) is 7.96. The molecule has 12 heavy (non-hydrogen) atoms. The molecule has 0 aliphatic heterocycles. The predicted octanol–water partition coefficient (Wildman–Crippen LogP) is 5.00. The van der Waals surface area contributed by atoms with Gasteiger partial charge in [0.05, 0.1) is 0 Å². The standard InChI is InChI=1S/C8H17Cl3Si/c1-4-7-8(5-2,6-3)12(9,10)11/h4-7H2,1-3H3. The van der Waals surface area contributed by atoms with Gasteiger partial charge in [-0.15, -0.1) is 33.2 Å². The highest BCUT2D eigenvalue weighted by molar-refractivity contribution is 7.65. The van der Waals surface area contributed by atoms with Gasteiger partial charge in [0, 0.05) is 5.04 Å². The summed E-state index contributed by atoms with van der Waals surface area (Å²) in [6, 6.07) is -2.54. The highest BCUT2D eigenvalue weighted by Crippen LogP contribution is 2.54. The van der Waals surface area contributed by atoms with E-state index in [-0.39, 0.29) is 5.04 Å². The molecule has 0 unspecified atom stereocenters. The third-order valence-corrected chi connectivity index (χ3v) is 8.45. The maximum atomic E-state index is 6.10. The van der Waals surface area contributed by atoms with E-state index in [4.69, 9.17) is 33.2 Å². The zero-order valence-corrected chi connectivity index (χ0v) is 11.2. The van der Waals surface area contributed by atoms with Crippen molar-refractivity contribution in [2.75, 3.05) is 0 Å². The van der Waals surface area contributed by atoms with Gasteiger partial charge in [0.15, 0.2) is 0 Å². The maximum Gasteiger partial charge on any atom is 0.347 e. The molecule has 0 N–H and O–H groups in total. The van der Waals surface area contributed by atoms with Crippen molar-refractivity contribution in [3.63, 3.8) is 0 Å². The van der Waals surface area contributed by atoms with Crippen LogP contribution in [0.2, 0.25) is 5.04 Å². The van der Waals surface area contributed by atoms with E-state index < -0.39 is 6.00 Å². The number of hydrogen-bond donors (Lipinski definition) is 0. The maximum absolute atomic E-state index is 6.10. The molecule has 0 aromatic heterocycles. The van der Waals surface area contributed by atoms with Gasteiger partial charge in [-0.1, -0.05) is 27.2 Å². The summed E-state index contributed by atoms with van der Waals surface area (Å²) in [7, 11) is 0. The van der Waals surface area contributed by atoms with Crippen LogP contribution in [0.25, 0.3) is 0 Å². The molecule has 0 radical (unpaired) electrons. The zero-order chi connectivity index (χ0) is 9.83. The Balaban J connectivity index is 4.57. The van der Waals surface area contributed by atoms with E-state index in [2.05, 4.69) is 20.8 Å². The first kappa shape index (κ1) is 13.1. The van der Waals surface area contributed by atoms with Crippen molar-refractivity contribution in [1.82, 2.24) is 0 Å². The molecule has 4 heteroatoms. The summed E-state index contributed by atoms with van der Waals surface area (Å²) in [6.07, 6.45) is 4.12. The van der Waals surface area contributed by atoms with Crippen LogP contribution in [-0.2, 0) is 0 Å². The Morgan fingerprint density at radius 1 is 1.00 bits per heavy atom. The molecule has 0 bridgehead atoms. The van der Waals surface area contributed by atoms with Crippen molar-refractivity contribution in [3.05, 3.63) is 0 Å². The average Bonchev–Trinajstić information content (AvgIpc) is 1.98. The lowest BCUT2D eigenvalue weighted by atomic mass is 9.96. The minimum absolute atomic E-state index is 0.00637. The van der Waals surface area contributed by atoms with E-state index in [9.17, 15) is 0 Å². The van der Waals surface area contributed by atoms with Crippen molar-refractivity contribution in [3.8, 4) is 0 Å². The fourth-order valence-corrected chi connectivity index (χ4v) is 6.22. The Morgan fingerprint density at radius 3 is 1.50 bits per heavy atom. The Bertz CT molecular complexity index is 127. The SMILES string of the molecule is CCCC(CC)(CC)[Si](Cl)(Cl)Cl. The van der Waals surface area contributed by atoms with Gasteiger partial charge in [-0.25, -0.2) is 0 Å². The van der Waals surface area contributed by atoms with E-state index in [1.165, 1.54) is 0 Å². The fourth-order valence-electron chi connectivity index (χ4n) is 1.62. The largest absolute Gasteiger partial charge is 0.347 e. The molecule has 0 aliphatic carbocycles. The van der Waals surface area contributed by atoms with E-state index in [1.54, 1.807) is 0 Å². The molecule has 0 saturated heterocycles. The summed E-state index contributed by atoms with van der Waals surface area (Å²) in [5, 5.41) is 0.00637. The van der Waals surface area contributed by atoms with Crippen LogP contribution in [0.3, 0.4) is 0 Å². The monoisotopic (exact) mass is 246 g/mol. The predicted molar refractivity (Wildman–Crippen MR) is 61.5 cm³/mol. The van der Waals surface area contributed by atoms with Gasteiger partial charge < -0.3 is 0 Å². The Labute approximate surface area is 90.7 Å². The summed E-state index contributed by atoms with van der Waals surface area (Å²) in [5.74, 6) is 0. The molecule has 0 heterocycles. The van der Waals surface area contributed by atoms with Crippen molar-refractivity contribution in [1.29, 1.82) is 0 Å². The van der Waals surface area contributed by atoms with E-state index in [0.717, 1.165) is 25.7 Å². The second kappa shape index (κ2) is 5.09. The van der Waals surface area contributed by atoms with Gasteiger partial charge in [0.2, 0.25) is 0 Å². The lowest BCUT2D eigenvalue weighted by Crippen LogP contribution is -2.32. The molecule has 0 fully saturated rings. The first-order valence-electron chi connectivity index (χ1n) is 4.50. The van der Waals surface area contributed by atoms with Crippen LogP contribution in [0, 0.1) is 0 Å². The second-order valence-electron chi connectivity index (χ2n) is 3.24. The Hall–Kier alpha value is 1.09. The number of hydrogen-bond acceptors (Lipinski definition) is 0. The van der Waals surface area contributed by atoms with Gasteiger partial charge in [0.1, 0.15) is 0 Å². The third kappa shape index (κ3) is 2.80. The van der Waals surface area contributed by atoms with E-state index in [1.807, 2.05) is 0 Å². The lowest BCUT2D eigenvalue weighted by molar-refractivity contribution is 0.468. The molecule has 0 nitrogen and oxygen atoms in total. The van der Waals surface area contributed by atoms with Gasteiger partial charge in [-0.05, 0) is 19.3 Å². The molecule has 0 atom stereocenters. The molecule has 0 aromatic rings. The van der Waals surface area contributed by atoms with Crippen LogP contribution in [-0.4, -0.2) is 6.00 Å². The van der Waals surface area contributed by atoms with Crippen LogP contribution in [0.1, 0.15) is 46.5 Å². The molecule has 0 saturated carbocycles. The minimum atomic E-state index is -2.54. The first-order chi connectivity index (χ1) is 5.43. The van der Waals surface area contributed by atoms with Gasteiger partial charge in [0.25, 0.3) is 0 Å². The summed E-state index contributed by atoms with van der Waals surface area (Å²) >= 11 is 18.3. The van der Waals surface area contributed by atoms with Crippen LogP contribution >= 0.6 is 33.2 Å². The van der Waals surface area contributed by atoms with Crippen LogP contribution in [0.5, 0.6) is 0 Å². The molecular weight excluding hydrogens is 231 g/mol. The molecule has 0 aromatic carbocycles. The van der Waals surface area contributed by atoms with E-state index >= 15 is 0 Å². The van der Waals surface area contributed by atoms with Crippen LogP contribution in [0.4, 0.5) is 0 Å². The second-order valence-corrected chi connectivity index (χ2v) is 12.1. The summed E-state index contributed by atoms with van der Waals surface area (Å²) in [5.41, 5.74) is 0. The van der Waals surface area contributed by atoms with Crippen LogP contribution < -0.4 is 0 Å². The number of halogens is 3. The Morgan fingerprint density at radius 2 is 1.42 bits per heavy atom. The summed E-state index contributed by atoms with van der Waals surface area (Å²) in [4.78, 5) is 0. The lowest BCUT2D eigenvalue weighted by Gasteiger charge is -2.36. The minimum Gasteiger partial charge on any atom is -0.125 e. The molecule has 0 rings (SSSR count). The molecule has 0 spiro atoms. The third-order valence-electron chi connectivity index (χ3n) is 2.68. The highest BCUT2D eigenvalue weighted by atomic mass is 35.8. The molecule has 74 valence electrons. The summed E-state index contributed by atoms with van der Waals surface area (Å²) in [6.45, 7) is 6.38. The molecule has 0 aliphatic rings. The quantitative estimate of drug-likeness (QED) is 0.474. The van der Waals surface area contributed by atoms with Crippen molar-refractivity contribution >= 4 is 39.2 Å². The average molecular weight is 248 g/mol. The van der Waals surface area contributed by atoms with Crippen molar-refractivity contribution in [2.24, 2.45) is 0 Å². The topological polar surface area (TPSA) is 0 Å².